The summed E-state index contributed by atoms with van der Waals surface area (Å²) in [5.74, 6) is 2.44. The number of aromatic nitrogens is 2. The Kier molecular flexibility index (Phi) is 4.32. The average molecular weight is 291 g/mol. The molecule has 0 saturated heterocycles. The molecule has 0 amide bonds. The molecule has 1 aliphatic rings. The van der Waals surface area contributed by atoms with E-state index in [1.165, 1.54) is 0 Å². The van der Waals surface area contributed by atoms with E-state index in [9.17, 15) is 0 Å². The highest BCUT2D eigenvalue weighted by Crippen LogP contribution is 2.34. The molecule has 7 heteroatoms. The van der Waals surface area contributed by atoms with E-state index in [0.717, 1.165) is 12.3 Å². The third kappa shape index (κ3) is 3.32. The van der Waals surface area contributed by atoms with Crippen LogP contribution < -0.4 is 14.8 Å². The van der Waals surface area contributed by atoms with Crippen LogP contribution in [0.5, 0.6) is 11.5 Å². The molecule has 1 unspecified atom stereocenters. The maximum Gasteiger partial charge on any atom is 0.240 e. The number of fused-ring (bicyclic) bond motifs is 1. The maximum absolute atomic E-state index is 5.82. The van der Waals surface area contributed by atoms with Crippen LogP contribution in [0.3, 0.4) is 0 Å². The zero-order valence-electron chi connectivity index (χ0n) is 11.7. The van der Waals surface area contributed by atoms with Gasteiger partial charge < -0.3 is 24.1 Å². The maximum atomic E-state index is 5.82. The smallest absolute Gasteiger partial charge is 0.240 e. The molecule has 0 aliphatic carbocycles. The van der Waals surface area contributed by atoms with E-state index in [4.69, 9.17) is 18.7 Å². The van der Waals surface area contributed by atoms with Gasteiger partial charge in [0.05, 0.1) is 13.2 Å². The lowest BCUT2D eigenvalue weighted by Gasteiger charge is -2.24. The van der Waals surface area contributed by atoms with Gasteiger partial charge >= 0.3 is 0 Å². The molecule has 7 nitrogen and oxygen atoms in total. The van der Waals surface area contributed by atoms with Crippen LogP contribution >= 0.6 is 0 Å². The Bertz CT molecular complexity index is 587. The zero-order valence-corrected chi connectivity index (χ0v) is 11.7. The second kappa shape index (κ2) is 6.55. The van der Waals surface area contributed by atoms with Crippen molar-refractivity contribution < 1.29 is 18.7 Å². The molecule has 0 fully saturated rings. The Morgan fingerprint density at radius 2 is 2.19 bits per heavy atom. The molecular weight excluding hydrogens is 274 g/mol. The first kappa shape index (κ1) is 13.8. The number of benzene rings is 1. The van der Waals surface area contributed by atoms with Crippen molar-refractivity contribution in [1.82, 2.24) is 15.5 Å². The fourth-order valence-electron chi connectivity index (χ4n) is 1.99. The molecule has 1 atom stereocenters. The van der Waals surface area contributed by atoms with E-state index >= 15 is 0 Å². The van der Waals surface area contributed by atoms with Gasteiger partial charge in [-0.05, 0) is 12.1 Å². The van der Waals surface area contributed by atoms with E-state index in [-0.39, 0.29) is 6.10 Å². The van der Waals surface area contributed by atoms with Crippen molar-refractivity contribution in [1.29, 1.82) is 0 Å². The molecule has 1 aliphatic heterocycles. The summed E-state index contributed by atoms with van der Waals surface area (Å²) in [6.45, 7) is 2.23. The van der Waals surface area contributed by atoms with Gasteiger partial charge in [-0.25, -0.2) is 0 Å². The number of nitrogens with one attached hydrogen (secondary N) is 1. The minimum atomic E-state index is -0.351. The highest BCUT2D eigenvalue weighted by molar-refractivity contribution is 5.40. The molecule has 0 radical (unpaired) electrons. The van der Waals surface area contributed by atoms with Crippen LogP contribution in [-0.2, 0) is 11.3 Å². The zero-order chi connectivity index (χ0) is 14.5. The summed E-state index contributed by atoms with van der Waals surface area (Å²) in [4.78, 5) is 4.32. The summed E-state index contributed by atoms with van der Waals surface area (Å²) in [6.07, 6.45) is -0.351. The molecule has 2 aromatic rings. The normalized spacial score (nSPS) is 16.9. The van der Waals surface area contributed by atoms with E-state index in [2.05, 4.69) is 15.5 Å². The number of ether oxygens (including phenoxy) is 3. The lowest BCUT2D eigenvalue weighted by Crippen LogP contribution is -2.23. The standard InChI is InChI=1S/C14H17N3O4/c1-18-7-6-15-8-13-16-14(17-21-13)12-9-19-10-4-2-3-5-11(10)20-12/h2-5,12,15H,6-9H2,1H3. The highest BCUT2D eigenvalue weighted by atomic mass is 16.6. The number of para-hydroxylation sites is 2. The van der Waals surface area contributed by atoms with Crippen molar-refractivity contribution in [2.24, 2.45) is 0 Å². The van der Waals surface area contributed by atoms with Crippen molar-refractivity contribution in [3.05, 3.63) is 36.0 Å². The minimum Gasteiger partial charge on any atom is -0.485 e. The SMILES string of the molecule is COCCNCc1nc(C2COc3ccccc3O2)no1. The van der Waals surface area contributed by atoms with Crippen molar-refractivity contribution in [2.45, 2.75) is 12.6 Å². The van der Waals surface area contributed by atoms with Gasteiger partial charge in [0.25, 0.3) is 0 Å². The minimum absolute atomic E-state index is 0.351. The van der Waals surface area contributed by atoms with Gasteiger partial charge in [0.1, 0.15) is 6.61 Å². The Morgan fingerprint density at radius 3 is 3.05 bits per heavy atom. The van der Waals surface area contributed by atoms with Crippen LogP contribution in [0.2, 0.25) is 0 Å². The molecule has 112 valence electrons. The third-order valence-electron chi connectivity index (χ3n) is 3.04. The predicted molar refractivity (Wildman–Crippen MR) is 73.2 cm³/mol. The van der Waals surface area contributed by atoms with Gasteiger partial charge in [0.15, 0.2) is 17.6 Å². The van der Waals surface area contributed by atoms with E-state index < -0.39 is 0 Å². The number of hydrogen-bond donors (Lipinski definition) is 1. The number of rotatable bonds is 6. The predicted octanol–water partition coefficient (Wildman–Crippen LogP) is 1.32. The first-order valence-electron chi connectivity index (χ1n) is 6.77. The molecule has 0 spiro atoms. The third-order valence-corrected chi connectivity index (χ3v) is 3.04. The molecule has 1 aromatic heterocycles. The monoisotopic (exact) mass is 291 g/mol. The van der Waals surface area contributed by atoms with Gasteiger partial charge in [-0.2, -0.15) is 4.98 Å². The Hall–Kier alpha value is -2.12. The first-order chi connectivity index (χ1) is 10.4. The first-order valence-corrected chi connectivity index (χ1v) is 6.77. The van der Waals surface area contributed by atoms with Crippen LogP contribution in [0.15, 0.2) is 28.8 Å². The second-order valence-corrected chi connectivity index (χ2v) is 4.58. The summed E-state index contributed by atoms with van der Waals surface area (Å²) in [7, 11) is 1.66. The molecule has 0 saturated carbocycles. The van der Waals surface area contributed by atoms with Gasteiger partial charge in [-0.3, -0.25) is 0 Å². The van der Waals surface area contributed by atoms with Gasteiger partial charge in [-0.1, -0.05) is 17.3 Å². The van der Waals surface area contributed by atoms with Crippen LogP contribution in [-0.4, -0.2) is 37.0 Å². The van der Waals surface area contributed by atoms with Crippen LogP contribution in [0.1, 0.15) is 17.8 Å². The topological polar surface area (TPSA) is 78.6 Å². The van der Waals surface area contributed by atoms with Crippen molar-refractivity contribution in [3.8, 4) is 11.5 Å². The van der Waals surface area contributed by atoms with E-state index in [1.54, 1.807) is 7.11 Å². The van der Waals surface area contributed by atoms with Crippen LogP contribution in [0.4, 0.5) is 0 Å². The highest BCUT2D eigenvalue weighted by Gasteiger charge is 2.26. The van der Waals surface area contributed by atoms with Gasteiger partial charge in [0, 0.05) is 13.7 Å². The Labute approximate surface area is 122 Å². The summed E-state index contributed by atoms with van der Waals surface area (Å²) in [5.41, 5.74) is 0. The fraction of sp³-hybridized carbons (Fsp3) is 0.429. The molecular formula is C14H17N3O4. The van der Waals surface area contributed by atoms with Gasteiger partial charge in [0.2, 0.25) is 11.7 Å². The van der Waals surface area contributed by atoms with Crippen LogP contribution in [0, 0.1) is 0 Å². The molecule has 21 heavy (non-hydrogen) atoms. The average Bonchev–Trinajstić information content (AvgIpc) is 3.00. The number of nitrogens with zero attached hydrogens (tertiary/aromatic N) is 2. The summed E-state index contributed by atoms with van der Waals surface area (Å²) in [5, 5.41) is 7.09. The van der Waals surface area contributed by atoms with E-state index in [0.29, 0.717) is 37.2 Å². The van der Waals surface area contributed by atoms with Crippen molar-refractivity contribution >= 4 is 0 Å². The summed E-state index contributed by atoms with van der Waals surface area (Å²) < 4.78 is 21.6. The van der Waals surface area contributed by atoms with E-state index in [1.807, 2.05) is 24.3 Å². The second-order valence-electron chi connectivity index (χ2n) is 4.58. The molecule has 1 N–H and O–H groups in total. The number of methoxy groups -OCH3 is 1. The molecule has 0 bridgehead atoms. The van der Waals surface area contributed by atoms with Crippen molar-refractivity contribution in [3.63, 3.8) is 0 Å². The molecule has 3 rings (SSSR count). The Balaban J connectivity index is 1.59. The molecule has 1 aromatic carbocycles. The quantitative estimate of drug-likeness (QED) is 0.804. The summed E-state index contributed by atoms with van der Waals surface area (Å²) in [6, 6.07) is 7.52. The lowest BCUT2D eigenvalue weighted by atomic mass is 10.2. The molecule has 2 heterocycles. The largest absolute Gasteiger partial charge is 0.485 e. The van der Waals surface area contributed by atoms with Crippen molar-refractivity contribution in [2.75, 3.05) is 26.9 Å². The van der Waals surface area contributed by atoms with Gasteiger partial charge in [-0.15, -0.1) is 0 Å². The number of hydrogen-bond acceptors (Lipinski definition) is 7. The van der Waals surface area contributed by atoms with Crippen LogP contribution in [0.25, 0.3) is 0 Å². The fourth-order valence-corrected chi connectivity index (χ4v) is 1.99. The summed E-state index contributed by atoms with van der Waals surface area (Å²) >= 11 is 0. The lowest BCUT2D eigenvalue weighted by molar-refractivity contribution is 0.0832. The Morgan fingerprint density at radius 1 is 1.33 bits per heavy atom.